The molecule has 0 unspecified atom stereocenters. The van der Waals surface area contributed by atoms with Crippen LogP contribution >= 0.6 is 11.6 Å². The molecule has 8 heteroatoms. The average molecular weight is 343 g/mol. The Balaban J connectivity index is 1.87. The third-order valence-corrected chi connectivity index (χ3v) is 3.55. The van der Waals surface area contributed by atoms with E-state index in [2.05, 4.69) is 15.5 Å². The lowest BCUT2D eigenvalue weighted by atomic mass is 10.2. The zero-order valence-corrected chi connectivity index (χ0v) is 12.9. The van der Waals surface area contributed by atoms with Crippen LogP contribution in [0.3, 0.4) is 0 Å². The summed E-state index contributed by atoms with van der Waals surface area (Å²) in [6, 6.07) is 10.7. The number of nitrogens with one attached hydrogen (secondary N) is 1. The molecule has 0 aliphatic rings. The van der Waals surface area contributed by atoms with Gasteiger partial charge in [0.2, 0.25) is 0 Å². The summed E-state index contributed by atoms with van der Waals surface area (Å²) in [5, 5.41) is 26.0. The van der Waals surface area contributed by atoms with Gasteiger partial charge < -0.3 is 5.11 Å². The number of aromatic hydroxyl groups is 1. The van der Waals surface area contributed by atoms with Crippen LogP contribution in [0.4, 0.5) is 11.4 Å². The van der Waals surface area contributed by atoms with Crippen molar-refractivity contribution in [3.63, 3.8) is 0 Å². The van der Waals surface area contributed by atoms with Gasteiger partial charge in [0.1, 0.15) is 5.75 Å². The molecule has 24 heavy (non-hydrogen) atoms. The van der Waals surface area contributed by atoms with Crippen molar-refractivity contribution in [2.45, 2.75) is 0 Å². The van der Waals surface area contributed by atoms with Crippen molar-refractivity contribution in [2.75, 3.05) is 5.43 Å². The number of rotatable bonds is 4. The van der Waals surface area contributed by atoms with E-state index in [1.807, 2.05) is 6.07 Å². The number of hydrogen-bond donors (Lipinski definition) is 2. The van der Waals surface area contributed by atoms with Crippen molar-refractivity contribution < 1.29 is 10.0 Å². The number of pyridine rings is 1. The lowest BCUT2D eigenvalue weighted by molar-refractivity contribution is -0.384. The molecule has 0 bridgehead atoms. The van der Waals surface area contributed by atoms with Crippen LogP contribution in [-0.4, -0.2) is 21.2 Å². The molecule has 120 valence electrons. The SMILES string of the molecule is O=[N+]([O-])c1ccc(O)c(/C=N/Nc2ccnc3cc(Cl)ccc23)c1. The first-order chi connectivity index (χ1) is 11.5. The molecule has 0 fully saturated rings. The number of hydrogen-bond acceptors (Lipinski definition) is 6. The minimum atomic E-state index is -0.537. The molecule has 0 aliphatic carbocycles. The van der Waals surface area contributed by atoms with Crippen LogP contribution in [0.1, 0.15) is 5.56 Å². The molecule has 2 aromatic carbocycles. The van der Waals surface area contributed by atoms with Gasteiger partial charge in [-0.3, -0.25) is 20.5 Å². The number of non-ortho nitro benzene ring substituents is 1. The van der Waals surface area contributed by atoms with Gasteiger partial charge in [0, 0.05) is 34.3 Å². The summed E-state index contributed by atoms with van der Waals surface area (Å²) >= 11 is 5.94. The number of hydrazone groups is 1. The molecule has 0 aliphatic heterocycles. The molecule has 0 saturated carbocycles. The second-order valence-electron chi connectivity index (χ2n) is 4.89. The summed E-state index contributed by atoms with van der Waals surface area (Å²) in [7, 11) is 0. The standard InChI is InChI=1S/C16H11ClN4O3/c17-11-1-3-13-14(5-6-18-15(13)8-11)20-19-9-10-7-12(21(23)24)2-4-16(10)22/h1-9,22H,(H,18,20)/b19-9+. The highest BCUT2D eigenvalue weighted by atomic mass is 35.5. The van der Waals surface area contributed by atoms with Crippen LogP contribution < -0.4 is 5.43 Å². The number of nitrogens with zero attached hydrogens (tertiary/aromatic N) is 3. The van der Waals surface area contributed by atoms with Crippen LogP contribution in [0, 0.1) is 10.1 Å². The number of aromatic nitrogens is 1. The van der Waals surface area contributed by atoms with E-state index in [4.69, 9.17) is 11.6 Å². The summed E-state index contributed by atoms with van der Waals surface area (Å²) in [6.07, 6.45) is 2.92. The fourth-order valence-electron chi connectivity index (χ4n) is 2.15. The van der Waals surface area contributed by atoms with Gasteiger partial charge in [0.25, 0.3) is 5.69 Å². The lowest BCUT2D eigenvalue weighted by Crippen LogP contribution is -1.94. The van der Waals surface area contributed by atoms with Gasteiger partial charge in [0.05, 0.1) is 22.3 Å². The molecular weight excluding hydrogens is 332 g/mol. The minimum Gasteiger partial charge on any atom is -0.507 e. The van der Waals surface area contributed by atoms with Crippen LogP contribution in [0.5, 0.6) is 5.75 Å². The highest BCUT2D eigenvalue weighted by molar-refractivity contribution is 6.31. The molecule has 3 aromatic rings. The molecule has 7 nitrogen and oxygen atoms in total. The molecule has 3 rings (SSSR count). The first-order valence-corrected chi connectivity index (χ1v) is 7.23. The number of fused-ring (bicyclic) bond motifs is 1. The van der Waals surface area contributed by atoms with Gasteiger partial charge in [-0.15, -0.1) is 0 Å². The third kappa shape index (κ3) is 3.26. The van der Waals surface area contributed by atoms with Crippen molar-refractivity contribution in [2.24, 2.45) is 5.10 Å². The summed E-state index contributed by atoms with van der Waals surface area (Å²) < 4.78 is 0. The van der Waals surface area contributed by atoms with Gasteiger partial charge >= 0.3 is 0 Å². The zero-order valence-electron chi connectivity index (χ0n) is 12.2. The fourth-order valence-corrected chi connectivity index (χ4v) is 2.32. The Morgan fingerprint density at radius 2 is 2.08 bits per heavy atom. The Morgan fingerprint density at radius 3 is 2.88 bits per heavy atom. The highest BCUT2D eigenvalue weighted by Gasteiger charge is 2.08. The lowest BCUT2D eigenvalue weighted by Gasteiger charge is -2.05. The van der Waals surface area contributed by atoms with Gasteiger partial charge in [-0.2, -0.15) is 5.10 Å². The van der Waals surface area contributed by atoms with Crippen LogP contribution in [0.25, 0.3) is 10.9 Å². The summed E-state index contributed by atoms with van der Waals surface area (Å²) in [6.45, 7) is 0. The number of phenolic OH excluding ortho intramolecular Hbond substituents is 1. The molecule has 0 radical (unpaired) electrons. The number of anilines is 1. The molecule has 0 saturated heterocycles. The Bertz CT molecular complexity index is 959. The summed E-state index contributed by atoms with van der Waals surface area (Å²) in [5.41, 5.74) is 4.35. The maximum Gasteiger partial charge on any atom is 0.270 e. The topological polar surface area (TPSA) is 101 Å². The molecule has 1 heterocycles. The maximum atomic E-state index is 10.8. The normalized spacial score (nSPS) is 11.0. The Morgan fingerprint density at radius 1 is 1.25 bits per heavy atom. The van der Waals surface area contributed by atoms with E-state index in [-0.39, 0.29) is 17.0 Å². The Kier molecular flexibility index (Phi) is 4.26. The summed E-state index contributed by atoms with van der Waals surface area (Å²) in [4.78, 5) is 14.5. The molecule has 0 spiro atoms. The number of nitro groups is 1. The van der Waals surface area contributed by atoms with Crippen molar-refractivity contribution in [3.8, 4) is 5.75 Å². The predicted octanol–water partition coefficient (Wildman–Crippen LogP) is 3.95. The molecular formula is C16H11ClN4O3. The largest absolute Gasteiger partial charge is 0.507 e. The smallest absolute Gasteiger partial charge is 0.270 e. The van der Waals surface area contributed by atoms with Gasteiger partial charge in [-0.05, 0) is 30.3 Å². The van der Waals surface area contributed by atoms with Crippen LogP contribution in [0.15, 0.2) is 53.8 Å². The molecule has 0 amide bonds. The number of halogens is 1. The van der Waals surface area contributed by atoms with E-state index in [0.717, 1.165) is 5.39 Å². The maximum absolute atomic E-state index is 10.8. The van der Waals surface area contributed by atoms with Gasteiger partial charge in [0.15, 0.2) is 0 Å². The zero-order chi connectivity index (χ0) is 17.1. The first-order valence-electron chi connectivity index (χ1n) is 6.85. The number of phenols is 1. The number of benzene rings is 2. The molecule has 1 aromatic heterocycles. The quantitative estimate of drug-likeness (QED) is 0.424. The van der Waals surface area contributed by atoms with Crippen molar-refractivity contribution in [1.82, 2.24) is 4.98 Å². The average Bonchev–Trinajstić information content (AvgIpc) is 2.56. The Hall–Kier alpha value is -3.19. The van der Waals surface area contributed by atoms with Crippen LogP contribution in [-0.2, 0) is 0 Å². The van der Waals surface area contributed by atoms with E-state index in [1.54, 1.807) is 24.4 Å². The fraction of sp³-hybridized carbons (Fsp3) is 0. The van der Waals surface area contributed by atoms with E-state index in [1.165, 1.54) is 24.4 Å². The van der Waals surface area contributed by atoms with E-state index in [0.29, 0.717) is 16.2 Å². The highest BCUT2D eigenvalue weighted by Crippen LogP contribution is 2.25. The van der Waals surface area contributed by atoms with Crippen LogP contribution in [0.2, 0.25) is 5.02 Å². The monoisotopic (exact) mass is 342 g/mol. The van der Waals surface area contributed by atoms with Crippen molar-refractivity contribution in [3.05, 3.63) is 69.4 Å². The molecule has 0 atom stereocenters. The van der Waals surface area contributed by atoms with Gasteiger partial charge in [-0.1, -0.05) is 11.6 Å². The molecule has 2 N–H and O–H groups in total. The first kappa shape index (κ1) is 15.7. The number of nitro benzene ring substituents is 1. The minimum absolute atomic E-state index is 0.0995. The Labute approximate surface area is 141 Å². The second-order valence-corrected chi connectivity index (χ2v) is 5.33. The third-order valence-electron chi connectivity index (χ3n) is 3.32. The van der Waals surface area contributed by atoms with Gasteiger partial charge in [-0.25, -0.2) is 0 Å². The second kappa shape index (κ2) is 6.51. The van der Waals surface area contributed by atoms with Crippen molar-refractivity contribution in [1.29, 1.82) is 0 Å². The van der Waals surface area contributed by atoms with E-state index < -0.39 is 4.92 Å². The van der Waals surface area contributed by atoms with E-state index >= 15 is 0 Å². The predicted molar refractivity (Wildman–Crippen MR) is 92.7 cm³/mol. The van der Waals surface area contributed by atoms with E-state index in [9.17, 15) is 15.2 Å². The van der Waals surface area contributed by atoms with Crippen molar-refractivity contribution >= 4 is 40.1 Å². The summed E-state index contributed by atoms with van der Waals surface area (Å²) in [5.74, 6) is -0.0995.